The standard InChI is InChI=1S/C24H22F2N4O3/c25-17-8-4-6-15(12-17)20(16-7-5-9-18(26)13-16)23-28-10-2-1-3-11-29(28)24(33)21-22(32)19(31)14-27-30(21)23/h4-9,12-14,20,23,32H,1-3,10-11H2. The second kappa shape index (κ2) is 8.40. The van der Waals surface area contributed by atoms with Gasteiger partial charge in [-0.05, 0) is 48.2 Å². The van der Waals surface area contributed by atoms with Crippen LogP contribution in [0.4, 0.5) is 8.78 Å². The summed E-state index contributed by atoms with van der Waals surface area (Å²) >= 11 is 0. The van der Waals surface area contributed by atoms with Crippen LogP contribution >= 0.6 is 0 Å². The minimum absolute atomic E-state index is 0.219. The second-order valence-electron chi connectivity index (χ2n) is 8.30. The van der Waals surface area contributed by atoms with Gasteiger partial charge in [0.1, 0.15) is 17.8 Å². The molecule has 7 nitrogen and oxygen atoms in total. The molecule has 3 aromatic rings. The molecular formula is C24H22F2N4O3. The number of nitrogens with zero attached hydrogens (tertiary/aromatic N) is 4. The summed E-state index contributed by atoms with van der Waals surface area (Å²) < 4.78 is 29.9. The van der Waals surface area contributed by atoms with E-state index >= 15 is 0 Å². The van der Waals surface area contributed by atoms with E-state index in [1.54, 1.807) is 24.3 Å². The van der Waals surface area contributed by atoms with Crippen LogP contribution in [0.25, 0.3) is 0 Å². The Labute approximate surface area is 188 Å². The lowest BCUT2D eigenvalue weighted by Gasteiger charge is -2.47. The molecule has 2 aromatic carbocycles. The van der Waals surface area contributed by atoms with E-state index in [-0.39, 0.29) is 5.69 Å². The summed E-state index contributed by atoms with van der Waals surface area (Å²) in [6.45, 7) is 0.905. The average Bonchev–Trinajstić information content (AvgIpc) is 3.05. The van der Waals surface area contributed by atoms with Gasteiger partial charge in [-0.2, -0.15) is 10.1 Å². The van der Waals surface area contributed by atoms with E-state index < -0.39 is 40.8 Å². The molecule has 0 saturated carbocycles. The molecule has 33 heavy (non-hydrogen) atoms. The number of hydrogen-bond acceptors (Lipinski definition) is 5. The highest BCUT2D eigenvalue weighted by Gasteiger charge is 2.45. The number of aromatic hydroxyl groups is 1. The molecule has 3 heterocycles. The molecule has 1 fully saturated rings. The topological polar surface area (TPSA) is 78.7 Å². The number of benzene rings is 2. The number of carbonyl (C=O) groups excluding carboxylic acids is 1. The first kappa shape index (κ1) is 21.3. The Morgan fingerprint density at radius 2 is 1.58 bits per heavy atom. The zero-order valence-corrected chi connectivity index (χ0v) is 17.7. The third-order valence-corrected chi connectivity index (χ3v) is 6.26. The normalized spacial score (nSPS) is 18.7. The van der Waals surface area contributed by atoms with Crippen LogP contribution in [0.2, 0.25) is 0 Å². The number of fused-ring (bicyclic) bond motifs is 2. The Bertz CT molecular complexity index is 1230. The molecule has 0 aliphatic carbocycles. The van der Waals surface area contributed by atoms with Crippen molar-refractivity contribution in [2.45, 2.75) is 31.3 Å². The molecule has 1 N–H and O–H groups in total. The zero-order chi connectivity index (χ0) is 23.1. The molecule has 1 aromatic heterocycles. The quantitative estimate of drug-likeness (QED) is 0.659. The third kappa shape index (κ3) is 3.68. The molecule has 1 unspecified atom stereocenters. The van der Waals surface area contributed by atoms with Crippen molar-refractivity contribution < 1.29 is 18.7 Å². The van der Waals surface area contributed by atoms with Gasteiger partial charge in [0.05, 0.1) is 6.20 Å². The number of carbonyl (C=O) groups is 1. The minimum Gasteiger partial charge on any atom is -0.502 e. The van der Waals surface area contributed by atoms with Crippen molar-refractivity contribution in [3.63, 3.8) is 0 Å². The van der Waals surface area contributed by atoms with Gasteiger partial charge in [-0.25, -0.2) is 13.5 Å². The predicted molar refractivity (Wildman–Crippen MR) is 115 cm³/mol. The van der Waals surface area contributed by atoms with Gasteiger partial charge < -0.3 is 5.11 Å². The number of aromatic nitrogens is 2. The highest BCUT2D eigenvalue weighted by molar-refractivity contribution is 5.95. The van der Waals surface area contributed by atoms with Crippen molar-refractivity contribution in [1.29, 1.82) is 0 Å². The fourth-order valence-corrected chi connectivity index (χ4v) is 4.81. The molecule has 5 rings (SSSR count). The van der Waals surface area contributed by atoms with E-state index in [0.717, 1.165) is 25.5 Å². The lowest BCUT2D eigenvalue weighted by Crippen LogP contribution is -2.57. The Balaban J connectivity index is 1.80. The van der Waals surface area contributed by atoms with Crippen LogP contribution < -0.4 is 5.43 Å². The van der Waals surface area contributed by atoms with Crippen LogP contribution in [0.5, 0.6) is 5.75 Å². The van der Waals surface area contributed by atoms with Crippen LogP contribution in [0.3, 0.4) is 0 Å². The Morgan fingerprint density at radius 1 is 0.939 bits per heavy atom. The predicted octanol–water partition coefficient (Wildman–Crippen LogP) is 3.41. The summed E-state index contributed by atoms with van der Waals surface area (Å²) in [5, 5.41) is 18.1. The third-order valence-electron chi connectivity index (χ3n) is 6.26. The summed E-state index contributed by atoms with van der Waals surface area (Å²) in [5.74, 6) is -2.76. The largest absolute Gasteiger partial charge is 0.502 e. The van der Waals surface area contributed by atoms with Gasteiger partial charge in [-0.3, -0.25) is 14.6 Å². The SMILES string of the molecule is O=C1c2c(O)c(=O)cnn2C(C(c2cccc(F)c2)c2cccc(F)c2)N2CCCCCN12. The van der Waals surface area contributed by atoms with Gasteiger partial charge in [-0.15, -0.1) is 0 Å². The van der Waals surface area contributed by atoms with Gasteiger partial charge in [0.2, 0.25) is 5.43 Å². The molecule has 1 atom stereocenters. The smallest absolute Gasteiger partial charge is 0.290 e. The lowest BCUT2D eigenvalue weighted by molar-refractivity contribution is -0.0816. The molecule has 2 aliphatic rings. The highest BCUT2D eigenvalue weighted by Crippen LogP contribution is 2.42. The lowest BCUT2D eigenvalue weighted by atomic mass is 9.87. The number of hydrazine groups is 1. The highest BCUT2D eigenvalue weighted by atomic mass is 19.1. The van der Waals surface area contributed by atoms with Crippen LogP contribution in [0.1, 0.15) is 53.0 Å². The summed E-state index contributed by atoms with van der Waals surface area (Å²) in [4.78, 5) is 25.5. The number of halogens is 2. The first-order valence-corrected chi connectivity index (χ1v) is 10.9. The Kier molecular flexibility index (Phi) is 5.41. The van der Waals surface area contributed by atoms with E-state index in [1.165, 1.54) is 34.0 Å². The zero-order valence-electron chi connectivity index (χ0n) is 17.7. The van der Waals surface area contributed by atoms with Crippen molar-refractivity contribution in [3.05, 3.63) is 93.4 Å². The van der Waals surface area contributed by atoms with Crippen LogP contribution in [0, 0.1) is 11.6 Å². The van der Waals surface area contributed by atoms with Crippen molar-refractivity contribution in [3.8, 4) is 5.75 Å². The number of hydrogen-bond donors (Lipinski definition) is 1. The maximum Gasteiger partial charge on any atom is 0.290 e. The van der Waals surface area contributed by atoms with E-state index in [1.807, 2.05) is 5.01 Å². The fraction of sp³-hybridized carbons (Fsp3) is 0.292. The molecule has 9 heteroatoms. The summed E-state index contributed by atoms with van der Waals surface area (Å²) in [7, 11) is 0. The molecule has 0 spiro atoms. The maximum absolute atomic E-state index is 14.3. The van der Waals surface area contributed by atoms with Crippen molar-refractivity contribution in [2.75, 3.05) is 13.1 Å². The van der Waals surface area contributed by atoms with Gasteiger partial charge in [0.25, 0.3) is 5.91 Å². The van der Waals surface area contributed by atoms with Gasteiger partial charge in [-0.1, -0.05) is 30.7 Å². The Hall–Kier alpha value is -3.59. The van der Waals surface area contributed by atoms with E-state index in [0.29, 0.717) is 24.2 Å². The average molecular weight is 452 g/mol. The molecule has 170 valence electrons. The van der Waals surface area contributed by atoms with Crippen molar-refractivity contribution in [1.82, 2.24) is 19.8 Å². The molecular weight excluding hydrogens is 430 g/mol. The molecule has 1 saturated heterocycles. The Morgan fingerprint density at radius 3 is 2.21 bits per heavy atom. The molecule has 0 radical (unpaired) electrons. The fourth-order valence-electron chi connectivity index (χ4n) is 4.81. The monoisotopic (exact) mass is 452 g/mol. The maximum atomic E-state index is 14.3. The second-order valence-corrected chi connectivity index (χ2v) is 8.30. The van der Waals surface area contributed by atoms with Crippen LogP contribution in [-0.2, 0) is 0 Å². The van der Waals surface area contributed by atoms with Crippen LogP contribution in [-0.4, -0.2) is 43.9 Å². The van der Waals surface area contributed by atoms with Gasteiger partial charge in [0.15, 0.2) is 11.4 Å². The van der Waals surface area contributed by atoms with Crippen LogP contribution in [0.15, 0.2) is 59.5 Å². The van der Waals surface area contributed by atoms with Crippen molar-refractivity contribution in [2.24, 2.45) is 0 Å². The summed E-state index contributed by atoms with van der Waals surface area (Å²) in [6, 6.07) is 12.0. The summed E-state index contributed by atoms with van der Waals surface area (Å²) in [6.07, 6.45) is 2.67. The molecule has 0 bridgehead atoms. The van der Waals surface area contributed by atoms with Crippen molar-refractivity contribution >= 4 is 5.91 Å². The van der Waals surface area contributed by atoms with E-state index in [4.69, 9.17) is 0 Å². The minimum atomic E-state index is -0.760. The molecule has 1 amide bonds. The van der Waals surface area contributed by atoms with E-state index in [9.17, 15) is 23.5 Å². The summed E-state index contributed by atoms with van der Waals surface area (Å²) in [5.41, 5.74) is 0.123. The first-order chi connectivity index (χ1) is 16.0. The molecule has 2 aliphatic heterocycles. The number of rotatable bonds is 3. The van der Waals surface area contributed by atoms with E-state index in [2.05, 4.69) is 5.10 Å². The number of amides is 1. The van der Waals surface area contributed by atoms with Gasteiger partial charge >= 0.3 is 0 Å². The van der Waals surface area contributed by atoms with Gasteiger partial charge in [0, 0.05) is 19.0 Å². The first-order valence-electron chi connectivity index (χ1n) is 10.9.